The summed E-state index contributed by atoms with van der Waals surface area (Å²) < 4.78 is 0.972. The van der Waals surface area contributed by atoms with Crippen LogP contribution in [0, 0.1) is 0 Å². The number of halogens is 2. The van der Waals surface area contributed by atoms with Crippen LogP contribution in [0.2, 0.25) is 5.02 Å². The molecule has 3 rings (SSSR count). The van der Waals surface area contributed by atoms with E-state index in [4.69, 9.17) is 22.4 Å². The molecule has 5 heteroatoms. The zero-order chi connectivity index (χ0) is 13.4. The second-order valence-electron chi connectivity index (χ2n) is 4.87. The number of nitrogens with one attached hydrogen (secondary N) is 1. The molecule has 19 heavy (non-hydrogen) atoms. The van der Waals surface area contributed by atoms with Crippen molar-refractivity contribution in [2.45, 2.75) is 32.1 Å². The summed E-state index contributed by atoms with van der Waals surface area (Å²) in [6, 6.07) is 3.81. The van der Waals surface area contributed by atoms with Gasteiger partial charge in [0.2, 0.25) is 0 Å². The zero-order valence-corrected chi connectivity index (χ0v) is 12.8. The van der Waals surface area contributed by atoms with Crippen LogP contribution in [0.25, 0.3) is 10.9 Å². The normalized spacial score (nSPS) is 15.1. The van der Waals surface area contributed by atoms with Crippen molar-refractivity contribution in [3.63, 3.8) is 0 Å². The Balaban J connectivity index is 2.39. The molecular weight excluding hydrogens is 326 g/mol. The molecular formula is C14H15BrClN3. The maximum atomic E-state index is 6.29. The number of rotatable bonds is 1. The van der Waals surface area contributed by atoms with E-state index in [0.29, 0.717) is 5.02 Å². The van der Waals surface area contributed by atoms with Gasteiger partial charge in [0.25, 0.3) is 0 Å². The van der Waals surface area contributed by atoms with E-state index in [9.17, 15) is 0 Å². The first-order valence-electron chi connectivity index (χ1n) is 6.48. The Hall–Kier alpha value is -0.840. The van der Waals surface area contributed by atoms with E-state index in [1.807, 2.05) is 12.1 Å². The SMILES string of the molecule is NNc1c2c(nc3c(Cl)ccc(Br)c13)CCCCC2. The van der Waals surface area contributed by atoms with E-state index < -0.39 is 0 Å². The number of aryl methyl sites for hydroxylation is 1. The summed E-state index contributed by atoms with van der Waals surface area (Å²) in [5, 5.41) is 1.65. The molecule has 0 atom stereocenters. The van der Waals surface area contributed by atoms with Crippen LogP contribution in [0.5, 0.6) is 0 Å². The minimum Gasteiger partial charge on any atom is -0.323 e. The summed E-state index contributed by atoms with van der Waals surface area (Å²) in [7, 11) is 0. The van der Waals surface area contributed by atoms with Crippen molar-refractivity contribution in [1.29, 1.82) is 0 Å². The first kappa shape index (κ1) is 13.2. The lowest BCUT2D eigenvalue weighted by Crippen LogP contribution is -2.12. The fourth-order valence-corrected chi connectivity index (χ4v) is 3.51. The average molecular weight is 341 g/mol. The Morgan fingerprint density at radius 1 is 1.21 bits per heavy atom. The van der Waals surface area contributed by atoms with Crippen LogP contribution >= 0.6 is 27.5 Å². The number of hydrogen-bond acceptors (Lipinski definition) is 3. The number of anilines is 1. The highest BCUT2D eigenvalue weighted by molar-refractivity contribution is 9.10. The topological polar surface area (TPSA) is 50.9 Å². The van der Waals surface area contributed by atoms with Gasteiger partial charge in [0, 0.05) is 15.6 Å². The van der Waals surface area contributed by atoms with Crippen LogP contribution in [0.3, 0.4) is 0 Å². The van der Waals surface area contributed by atoms with Crippen LogP contribution < -0.4 is 11.3 Å². The van der Waals surface area contributed by atoms with Crippen molar-refractivity contribution >= 4 is 44.1 Å². The first-order valence-corrected chi connectivity index (χ1v) is 7.65. The smallest absolute Gasteiger partial charge is 0.0924 e. The van der Waals surface area contributed by atoms with Crippen molar-refractivity contribution in [2.24, 2.45) is 5.84 Å². The van der Waals surface area contributed by atoms with E-state index in [1.165, 1.54) is 24.8 Å². The molecule has 0 spiro atoms. The minimum absolute atomic E-state index is 0.668. The van der Waals surface area contributed by atoms with Gasteiger partial charge in [0.05, 0.1) is 16.2 Å². The fourth-order valence-electron chi connectivity index (χ4n) is 2.79. The van der Waals surface area contributed by atoms with E-state index in [-0.39, 0.29) is 0 Å². The third-order valence-electron chi connectivity index (χ3n) is 3.71. The molecule has 0 fully saturated rings. The van der Waals surface area contributed by atoms with Gasteiger partial charge in [0.15, 0.2) is 0 Å². The van der Waals surface area contributed by atoms with Crippen molar-refractivity contribution < 1.29 is 0 Å². The summed E-state index contributed by atoms with van der Waals surface area (Å²) in [4.78, 5) is 4.79. The predicted molar refractivity (Wildman–Crippen MR) is 83.5 cm³/mol. The highest BCUT2D eigenvalue weighted by atomic mass is 79.9. The second-order valence-corrected chi connectivity index (χ2v) is 6.13. The van der Waals surface area contributed by atoms with Crippen LogP contribution in [0.15, 0.2) is 16.6 Å². The van der Waals surface area contributed by atoms with Gasteiger partial charge in [-0.15, -0.1) is 0 Å². The van der Waals surface area contributed by atoms with Crippen LogP contribution in [0.4, 0.5) is 5.69 Å². The number of nitrogens with two attached hydrogens (primary N) is 1. The van der Waals surface area contributed by atoms with Crippen molar-refractivity contribution in [1.82, 2.24) is 4.98 Å². The molecule has 0 amide bonds. The maximum absolute atomic E-state index is 6.29. The third-order valence-corrected chi connectivity index (χ3v) is 4.68. The van der Waals surface area contributed by atoms with Gasteiger partial charge in [-0.3, -0.25) is 10.8 Å². The summed E-state index contributed by atoms with van der Waals surface area (Å²) in [5.41, 5.74) is 7.04. The summed E-state index contributed by atoms with van der Waals surface area (Å²) in [5.74, 6) is 5.77. The standard InChI is InChI=1S/C14H15BrClN3/c15-9-6-7-10(16)14-12(9)13(19-17)8-4-2-1-3-5-11(8)18-14/h6-7H,1-5,17H2,(H,18,19). The van der Waals surface area contributed by atoms with E-state index in [1.54, 1.807) is 0 Å². The molecule has 0 saturated heterocycles. The molecule has 1 heterocycles. The average Bonchev–Trinajstić information content (AvgIpc) is 2.66. The number of fused-ring (bicyclic) bond motifs is 2. The Morgan fingerprint density at radius 2 is 2.00 bits per heavy atom. The van der Waals surface area contributed by atoms with Crippen molar-refractivity contribution in [3.05, 3.63) is 32.9 Å². The molecule has 1 aliphatic carbocycles. The van der Waals surface area contributed by atoms with Gasteiger partial charge in [-0.25, -0.2) is 0 Å². The Morgan fingerprint density at radius 3 is 2.79 bits per heavy atom. The molecule has 3 N–H and O–H groups in total. The lowest BCUT2D eigenvalue weighted by Gasteiger charge is -2.16. The first-order chi connectivity index (χ1) is 9.22. The van der Waals surface area contributed by atoms with Gasteiger partial charge in [-0.05, 0) is 43.4 Å². The molecule has 3 nitrogen and oxygen atoms in total. The number of aromatic nitrogens is 1. The van der Waals surface area contributed by atoms with Gasteiger partial charge in [-0.2, -0.15) is 0 Å². The number of nitrogen functional groups attached to an aromatic ring is 1. The van der Waals surface area contributed by atoms with E-state index in [2.05, 4.69) is 21.4 Å². The summed E-state index contributed by atoms with van der Waals surface area (Å²) >= 11 is 9.87. The van der Waals surface area contributed by atoms with E-state index in [0.717, 1.165) is 39.6 Å². The highest BCUT2D eigenvalue weighted by Crippen LogP contribution is 2.38. The zero-order valence-electron chi connectivity index (χ0n) is 10.5. The largest absolute Gasteiger partial charge is 0.323 e. The highest BCUT2D eigenvalue weighted by Gasteiger charge is 2.19. The summed E-state index contributed by atoms with van der Waals surface area (Å²) in [6.07, 6.45) is 5.64. The van der Waals surface area contributed by atoms with Crippen LogP contribution in [0.1, 0.15) is 30.5 Å². The molecule has 0 aliphatic heterocycles. The van der Waals surface area contributed by atoms with E-state index >= 15 is 0 Å². The molecule has 100 valence electrons. The molecule has 0 bridgehead atoms. The van der Waals surface area contributed by atoms with Crippen molar-refractivity contribution in [3.8, 4) is 0 Å². The monoisotopic (exact) mass is 339 g/mol. The van der Waals surface area contributed by atoms with Crippen LogP contribution in [-0.2, 0) is 12.8 Å². The Kier molecular flexibility index (Phi) is 3.65. The number of hydrogen-bond donors (Lipinski definition) is 2. The molecule has 2 aromatic rings. The lowest BCUT2D eigenvalue weighted by molar-refractivity contribution is 0.709. The molecule has 1 aliphatic rings. The Labute approximate surface area is 125 Å². The van der Waals surface area contributed by atoms with Gasteiger partial charge < -0.3 is 5.43 Å². The molecule has 0 unspecified atom stereocenters. The number of benzene rings is 1. The summed E-state index contributed by atoms with van der Waals surface area (Å²) in [6.45, 7) is 0. The van der Waals surface area contributed by atoms with Gasteiger partial charge >= 0.3 is 0 Å². The van der Waals surface area contributed by atoms with Crippen LogP contribution in [-0.4, -0.2) is 4.98 Å². The predicted octanol–water partition coefficient (Wildman–Crippen LogP) is 4.21. The molecule has 0 saturated carbocycles. The number of pyridine rings is 1. The number of hydrazine groups is 1. The second kappa shape index (κ2) is 5.27. The minimum atomic E-state index is 0.668. The quantitative estimate of drug-likeness (QED) is 0.464. The van der Waals surface area contributed by atoms with Gasteiger partial charge in [0.1, 0.15) is 0 Å². The Bertz CT molecular complexity index is 642. The maximum Gasteiger partial charge on any atom is 0.0924 e. The molecule has 0 radical (unpaired) electrons. The lowest BCUT2D eigenvalue weighted by atomic mass is 10.0. The molecule has 1 aromatic heterocycles. The third kappa shape index (κ3) is 2.22. The number of nitrogens with zero attached hydrogens (tertiary/aromatic N) is 1. The fraction of sp³-hybridized carbons (Fsp3) is 0.357. The van der Waals surface area contributed by atoms with Gasteiger partial charge in [-0.1, -0.05) is 34.0 Å². The molecule has 1 aromatic carbocycles. The van der Waals surface area contributed by atoms with Crippen molar-refractivity contribution in [2.75, 3.05) is 5.43 Å².